The van der Waals surface area contributed by atoms with Crippen molar-refractivity contribution in [2.24, 2.45) is 0 Å². The molecule has 0 heterocycles. The van der Waals surface area contributed by atoms with E-state index >= 15 is 0 Å². The summed E-state index contributed by atoms with van der Waals surface area (Å²) in [5.74, 6) is -0.0698. The molecule has 0 aliphatic carbocycles. The highest BCUT2D eigenvalue weighted by Crippen LogP contribution is 2.20. The zero-order valence-corrected chi connectivity index (χ0v) is 11.8. The molecule has 0 aromatic heterocycles. The number of nitrogens with zero attached hydrogens (tertiary/aromatic N) is 2. The topological polar surface area (TPSA) is 44.1 Å². The number of carbonyl (C=O) groups excluding carboxylic acids is 1. The lowest BCUT2D eigenvalue weighted by atomic mass is 10.1. The van der Waals surface area contributed by atoms with Gasteiger partial charge in [0.25, 0.3) is 5.91 Å². The highest BCUT2D eigenvalue weighted by Gasteiger charge is 2.19. The first-order chi connectivity index (χ1) is 7.97. The third-order valence-electron chi connectivity index (χ3n) is 2.72. The summed E-state index contributed by atoms with van der Waals surface area (Å²) in [4.78, 5) is 13.8. The lowest BCUT2D eigenvalue weighted by Crippen LogP contribution is -2.35. The van der Waals surface area contributed by atoms with Crippen LogP contribution in [0.2, 0.25) is 0 Å². The van der Waals surface area contributed by atoms with Gasteiger partial charge in [-0.15, -0.1) is 0 Å². The maximum Gasteiger partial charge on any atom is 0.255 e. The molecule has 3 nitrogen and oxygen atoms in total. The molecule has 0 N–H and O–H groups in total. The van der Waals surface area contributed by atoms with Crippen molar-refractivity contribution in [2.45, 2.75) is 26.3 Å². The predicted molar refractivity (Wildman–Crippen MR) is 70.7 cm³/mol. The van der Waals surface area contributed by atoms with Gasteiger partial charge in [0.1, 0.15) is 0 Å². The van der Waals surface area contributed by atoms with Gasteiger partial charge in [-0.2, -0.15) is 5.26 Å². The van der Waals surface area contributed by atoms with Gasteiger partial charge in [-0.1, -0.05) is 6.07 Å². The van der Waals surface area contributed by atoms with Crippen LogP contribution in [0.25, 0.3) is 0 Å². The summed E-state index contributed by atoms with van der Waals surface area (Å²) in [7, 11) is 1.72. The number of hydrogen-bond donors (Lipinski definition) is 0. The van der Waals surface area contributed by atoms with E-state index in [9.17, 15) is 4.79 Å². The smallest absolute Gasteiger partial charge is 0.255 e. The Bertz CT molecular complexity index is 465. The van der Waals surface area contributed by atoms with E-state index in [1.54, 1.807) is 18.0 Å². The lowest BCUT2D eigenvalue weighted by Gasteiger charge is -2.23. The maximum atomic E-state index is 12.2. The van der Waals surface area contributed by atoms with E-state index in [0.717, 1.165) is 10.0 Å². The molecule has 1 amide bonds. The zero-order chi connectivity index (χ0) is 13.0. The summed E-state index contributed by atoms with van der Waals surface area (Å²) < 4.78 is 0.790. The molecule has 1 aromatic carbocycles. The monoisotopic (exact) mass is 294 g/mol. The van der Waals surface area contributed by atoms with Crippen molar-refractivity contribution in [1.29, 1.82) is 5.26 Å². The van der Waals surface area contributed by atoms with Crippen molar-refractivity contribution >= 4 is 21.8 Å². The van der Waals surface area contributed by atoms with E-state index in [4.69, 9.17) is 5.26 Å². The molecule has 1 unspecified atom stereocenters. The minimum atomic E-state index is -0.0827. The van der Waals surface area contributed by atoms with E-state index in [1.165, 1.54) is 0 Å². The molecule has 0 saturated heterocycles. The van der Waals surface area contributed by atoms with Crippen LogP contribution in [0.5, 0.6) is 0 Å². The number of hydrogen-bond acceptors (Lipinski definition) is 2. The Morgan fingerprint density at radius 1 is 1.59 bits per heavy atom. The van der Waals surface area contributed by atoms with Gasteiger partial charge in [0.15, 0.2) is 0 Å². The SMILES string of the molecule is Cc1ccc(C(=O)N(C)C(C)CC#N)c(Br)c1. The number of rotatable bonds is 3. The number of halogens is 1. The molecular formula is C13H15BrN2O. The molecular weight excluding hydrogens is 280 g/mol. The summed E-state index contributed by atoms with van der Waals surface area (Å²) >= 11 is 3.39. The van der Waals surface area contributed by atoms with Gasteiger partial charge in [-0.3, -0.25) is 4.79 Å². The molecule has 1 atom stereocenters. The molecule has 1 aromatic rings. The number of nitriles is 1. The fraction of sp³-hybridized carbons (Fsp3) is 0.385. The van der Waals surface area contributed by atoms with Crippen molar-refractivity contribution in [2.75, 3.05) is 7.05 Å². The van der Waals surface area contributed by atoms with Gasteiger partial charge in [0.2, 0.25) is 0 Å². The second kappa shape index (κ2) is 5.83. The van der Waals surface area contributed by atoms with Crippen LogP contribution in [0.15, 0.2) is 22.7 Å². The molecule has 0 saturated carbocycles. The fourth-order valence-electron chi connectivity index (χ4n) is 1.45. The highest BCUT2D eigenvalue weighted by molar-refractivity contribution is 9.10. The Hall–Kier alpha value is -1.34. The normalized spacial score (nSPS) is 11.7. The molecule has 0 fully saturated rings. The van der Waals surface area contributed by atoms with Crippen LogP contribution in [0, 0.1) is 18.3 Å². The lowest BCUT2D eigenvalue weighted by molar-refractivity contribution is 0.0745. The van der Waals surface area contributed by atoms with Gasteiger partial charge < -0.3 is 4.90 Å². The fourth-order valence-corrected chi connectivity index (χ4v) is 2.12. The maximum absolute atomic E-state index is 12.2. The Morgan fingerprint density at radius 3 is 2.76 bits per heavy atom. The number of benzene rings is 1. The molecule has 1 rings (SSSR count). The molecule has 0 bridgehead atoms. The van der Waals surface area contributed by atoms with Gasteiger partial charge in [0, 0.05) is 17.6 Å². The molecule has 0 radical (unpaired) electrons. The summed E-state index contributed by atoms with van der Waals surface area (Å²) in [6.07, 6.45) is 0.339. The molecule has 0 aliphatic rings. The molecule has 0 spiro atoms. The highest BCUT2D eigenvalue weighted by atomic mass is 79.9. The molecule has 17 heavy (non-hydrogen) atoms. The van der Waals surface area contributed by atoms with Crippen LogP contribution in [0.4, 0.5) is 0 Å². The van der Waals surface area contributed by atoms with Gasteiger partial charge in [0.05, 0.1) is 18.1 Å². The van der Waals surface area contributed by atoms with E-state index in [2.05, 4.69) is 22.0 Å². The number of carbonyl (C=O) groups is 1. The van der Waals surface area contributed by atoms with Crippen LogP contribution >= 0.6 is 15.9 Å². The Balaban J connectivity index is 2.93. The minimum absolute atomic E-state index is 0.0698. The average Bonchev–Trinajstić information content (AvgIpc) is 2.27. The quantitative estimate of drug-likeness (QED) is 0.860. The summed E-state index contributed by atoms with van der Waals surface area (Å²) in [6.45, 7) is 3.84. The van der Waals surface area contributed by atoms with Crippen LogP contribution < -0.4 is 0 Å². The second-order valence-corrected chi connectivity index (χ2v) is 4.96. The van der Waals surface area contributed by atoms with Crippen LogP contribution in [-0.2, 0) is 0 Å². The third kappa shape index (κ3) is 3.31. The Morgan fingerprint density at radius 2 is 2.24 bits per heavy atom. The van der Waals surface area contributed by atoms with Gasteiger partial charge in [-0.05, 0) is 47.5 Å². The summed E-state index contributed by atoms with van der Waals surface area (Å²) in [5.41, 5.74) is 1.73. The molecule has 4 heteroatoms. The van der Waals surface area contributed by atoms with Crippen molar-refractivity contribution < 1.29 is 4.79 Å². The largest absolute Gasteiger partial charge is 0.338 e. The van der Waals surface area contributed by atoms with Crippen LogP contribution in [-0.4, -0.2) is 23.9 Å². The second-order valence-electron chi connectivity index (χ2n) is 4.11. The minimum Gasteiger partial charge on any atom is -0.338 e. The number of amides is 1. The third-order valence-corrected chi connectivity index (χ3v) is 3.38. The van der Waals surface area contributed by atoms with Gasteiger partial charge in [-0.25, -0.2) is 0 Å². The van der Waals surface area contributed by atoms with Crippen LogP contribution in [0.1, 0.15) is 29.3 Å². The Labute approximate surface area is 110 Å². The van der Waals surface area contributed by atoms with E-state index in [0.29, 0.717) is 12.0 Å². The van der Waals surface area contributed by atoms with Gasteiger partial charge >= 0.3 is 0 Å². The first-order valence-electron chi connectivity index (χ1n) is 5.37. The zero-order valence-electron chi connectivity index (χ0n) is 10.2. The summed E-state index contributed by atoms with van der Waals surface area (Å²) in [6, 6.07) is 7.61. The van der Waals surface area contributed by atoms with Crippen molar-refractivity contribution in [3.05, 3.63) is 33.8 Å². The van der Waals surface area contributed by atoms with E-state index in [-0.39, 0.29) is 11.9 Å². The van der Waals surface area contributed by atoms with E-state index < -0.39 is 0 Å². The van der Waals surface area contributed by atoms with E-state index in [1.807, 2.05) is 26.0 Å². The number of aryl methyl sites for hydroxylation is 1. The molecule has 90 valence electrons. The van der Waals surface area contributed by atoms with Crippen molar-refractivity contribution in [3.63, 3.8) is 0 Å². The standard InChI is InChI=1S/C13H15BrN2O/c1-9-4-5-11(12(14)8-9)13(17)16(3)10(2)6-7-15/h4-5,8,10H,6H2,1-3H3. The molecule has 0 aliphatic heterocycles. The van der Waals surface area contributed by atoms with Crippen LogP contribution in [0.3, 0.4) is 0 Å². The Kier molecular flexibility index (Phi) is 4.71. The van der Waals surface area contributed by atoms with Crippen molar-refractivity contribution in [1.82, 2.24) is 4.90 Å². The summed E-state index contributed by atoms with van der Waals surface area (Å²) in [5, 5.41) is 8.63. The van der Waals surface area contributed by atoms with Crippen molar-refractivity contribution in [3.8, 4) is 6.07 Å². The first kappa shape index (κ1) is 13.7. The average molecular weight is 295 g/mol. The predicted octanol–water partition coefficient (Wildman–Crippen LogP) is 3.13. The first-order valence-corrected chi connectivity index (χ1v) is 6.17.